The molecule has 6 nitrogen and oxygen atoms in total. The minimum absolute atomic E-state index is 0.0192. The van der Waals surface area contributed by atoms with Crippen molar-refractivity contribution >= 4 is 28.4 Å². The average Bonchev–Trinajstić information content (AvgIpc) is 3.14. The molecule has 2 amide bonds. The molecule has 0 aliphatic carbocycles. The molecule has 2 aromatic carbocycles. The fraction of sp³-hybridized carbons (Fsp3) is 0.360. The Morgan fingerprint density at radius 2 is 1.81 bits per heavy atom. The number of Topliss-reactive ketones (excluding diaryl/α,β-unsaturated/α-hetero) is 1. The molecule has 0 bridgehead atoms. The molecule has 5 rings (SSSR count). The zero-order valence-corrected chi connectivity index (χ0v) is 18.0. The van der Waals surface area contributed by atoms with Gasteiger partial charge in [-0.15, -0.1) is 0 Å². The average molecular weight is 417 g/mol. The third kappa shape index (κ3) is 3.51. The number of hydrogen-bond acceptors (Lipinski definition) is 3. The van der Waals surface area contributed by atoms with Gasteiger partial charge in [-0.1, -0.05) is 11.6 Å². The van der Waals surface area contributed by atoms with E-state index in [2.05, 4.69) is 40.7 Å². The van der Waals surface area contributed by atoms with Crippen LogP contribution in [0.15, 0.2) is 42.5 Å². The molecular weight excluding hydrogens is 388 g/mol. The third-order valence-electron chi connectivity index (χ3n) is 6.83. The maximum atomic E-state index is 12.8. The summed E-state index contributed by atoms with van der Waals surface area (Å²) in [6, 6.07) is 13.6. The van der Waals surface area contributed by atoms with Crippen LogP contribution in [-0.4, -0.2) is 41.3 Å². The van der Waals surface area contributed by atoms with E-state index in [0.29, 0.717) is 24.3 Å². The molecule has 2 aliphatic rings. The van der Waals surface area contributed by atoms with Crippen molar-refractivity contribution in [2.75, 3.05) is 25.0 Å². The second-order valence-corrected chi connectivity index (χ2v) is 8.84. The van der Waals surface area contributed by atoms with Crippen LogP contribution in [0.1, 0.15) is 46.9 Å². The van der Waals surface area contributed by atoms with Crippen molar-refractivity contribution in [1.29, 1.82) is 0 Å². The highest BCUT2D eigenvalue weighted by atomic mass is 16.2. The Labute approximate surface area is 182 Å². The summed E-state index contributed by atoms with van der Waals surface area (Å²) in [7, 11) is 0. The topological polar surface area (TPSA) is 77.2 Å². The number of aromatic amines is 1. The van der Waals surface area contributed by atoms with Crippen LogP contribution in [0, 0.1) is 6.92 Å². The summed E-state index contributed by atoms with van der Waals surface area (Å²) < 4.78 is 0. The van der Waals surface area contributed by atoms with Gasteiger partial charge in [0.05, 0.1) is 5.54 Å². The number of anilines is 1. The molecule has 1 spiro atoms. The van der Waals surface area contributed by atoms with Gasteiger partial charge in [-0.05, 0) is 75.1 Å². The van der Waals surface area contributed by atoms with Crippen molar-refractivity contribution in [2.45, 2.75) is 38.6 Å². The van der Waals surface area contributed by atoms with Gasteiger partial charge < -0.3 is 20.5 Å². The van der Waals surface area contributed by atoms with Crippen LogP contribution in [0.3, 0.4) is 0 Å². The lowest BCUT2D eigenvalue weighted by atomic mass is 9.79. The molecule has 3 aromatic rings. The number of aromatic nitrogens is 1. The lowest BCUT2D eigenvalue weighted by Crippen LogP contribution is -2.55. The summed E-state index contributed by atoms with van der Waals surface area (Å²) >= 11 is 0. The number of likely N-dealkylation sites (tertiary alicyclic amines) is 1. The van der Waals surface area contributed by atoms with Crippen molar-refractivity contribution in [1.82, 2.24) is 15.2 Å². The van der Waals surface area contributed by atoms with E-state index in [4.69, 9.17) is 0 Å². The van der Waals surface area contributed by atoms with Crippen molar-refractivity contribution < 1.29 is 9.59 Å². The number of carbonyl (C=O) groups is 2. The number of ketones is 1. The van der Waals surface area contributed by atoms with E-state index < -0.39 is 0 Å². The van der Waals surface area contributed by atoms with Gasteiger partial charge in [-0.2, -0.15) is 0 Å². The van der Waals surface area contributed by atoms with E-state index in [9.17, 15) is 9.59 Å². The summed E-state index contributed by atoms with van der Waals surface area (Å²) in [5.74, 6) is 0.0192. The smallest absolute Gasteiger partial charge is 0.321 e. The first kappa shape index (κ1) is 19.8. The zero-order valence-electron chi connectivity index (χ0n) is 18.0. The molecule has 31 heavy (non-hydrogen) atoms. The number of fused-ring (bicyclic) bond motifs is 4. The molecule has 160 valence electrons. The summed E-state index contributed by atoms with van der Waals surface area (Å²) in [5.41, 5.74) is 6.48. The van der Waals surface area contributed by atoms with Gasteiger partial charge in [-0.3, -0.25) is 4.79 Å². The third-order valence-corrected chi connectivity index (χ3v) is 6.83. The van der Waals surface area contributed by atoms with Crippen molar-refractivity contribution in [3.63, 3.8) is 0 Å². The molecule has 0 atom stereocenters. The van der Waals surface area contributed by atoms with Crippen LogP contribution in [0.4, 0.5) is 10.5 Å². The summed E-state index contributed by atoms with van der Waals surface area (Å²) in [6.07, 6.45) is 2.78. The Hall–Kier alpha value is -3.12. The molecular formula is C25H28N4O2. The number of nitrogens with zero attached hydrogens (tertiary/aromatic N) is 1. The first-order chi connectivity index (χ1) is 14.9. The lowest BCUT2D eigenvalue weighted by molar-refractivity contribution is 0.101. The van der Waals surface area contributed by atoms with Gasteiger partial charge in [0, 0.05) is 47.5 Å². The van der Waals surface area contributed by atoms with Crippen LogP contribution < -0.4 is 10.6 Å². The highest BCUT2D eigenvalue weighted by Crippen LogP contribution is 2.40. The molecule has 0 saturated carbocycles. The Balaban J connectivity index is 1.31. The molecule has 0 radical (unpaired) electrons. The number of rotatable bonds is 2. The fourth-order valence-corrected chi connectivity index (χ4v) is 5.05. The Kier molecular flexibility index (Phi) is 4.82. The Morgan fingerprint density at radius 3 is 2.52 bits per heavy atom. The number of piperidine rings is 1. The maximum absolute atomic E-state index is 12.8. The second kappa shape index (κ2) is 7.54. The Morgan fingerprint density at radius 1 is 1.06 bits per heavy atom. The minimum Gasteiger partial charge on any atom is -0.357 e. The van der Waals surface area contributed by atoms with E-state index in [1.54, 1.807) is 24.3 Å². The number of urea groups is 1. The number of amides is 2. The molecule has 6 heteroatoms. The van der Waals surface area contributed by atoms with E-state index in [-0.39, 0.29) is 17.4 Å². The monoisotopic (exact) mass is 416 g/mol. The van der Waals surface area contributed by atoms with Crippen molar-refractivity contribution in [3.05, 3.63) is 64.8 Å². The molecule has 1 aromatic heterocycles. The quantitative estimate of drug-likeness (QED) is 0.544. The molecule has 2 aliphatic heterocycles. The highest BCUT2D eigenvalue weighted by molar-refractivity contribution is 5.95. The minimum atomic E-state index is -0.0968. The predicted octanol–water partition coefficient (Wildman–Crippen LogP) is 4.35. The standard InChI is InChI=1S/C25H28N4O2/c1-16-3-8-22-21(15-16)20-9-12-26-25(23(20)28-22)10-13-29(14-11-25)24(31)27-19-6-4-18(5-7-19)17(2)30/h3-8,15,26,28H,9-14H2,1-2H3,(H,27,31). The van der Waals surface area contributed by atoms with E-state index >= 15 is 0 Å². The first-order valence-electron chi connectivity index (χ1n) is 11.0. The summed E-state index contributed by atoms with van der Waals surface area (Å²) in [5, 5.41) is 8.07. The summed E-state index contributed by atoms with van der Waals surface area (Å²) in [4.78, 5) is 29.8. The normalized spacial score (nSPS) is 17.5. The summed E-state index contributed by atoms with van der Waals surface area (Å²) in [6.45, 7) is 6.02. The zero-order chi connectivity index (χ0) is 21.6. The van der Waals surface area contributed by atoms with Gasteiger partial charge in [0.1, 0.15) is 0 Å². The number of nitrogens with one attached hydrogen (secondary N) is 3. The number of hydrogen-bond donors (Lipinski definition) is 3. The van der Waals surface area contributed by atoms with Crippen LogP contribution in [-0.2, 0) is 12.0 Å². The van der Waals surface area contributed by atoms with Gasteiger partial charge in [-0.25, -0.2) is 4.79 Å². The molecule has 3 heterocycles. The van der Waals surface area contributed by atoms with Crippen LogP contribution in [0.2, 0.25) is 0 Å². The van der Waals surface area contributed by atoms with Gasteiger partial charge in [0.15, 0.2) is 5.78 Å². The highest BCUT2D eigenvalue weighted by Gasteiger charge is 2.42. The molecule has 0 unspecified atom stereocenters. The van der Waals surface area contributed by atoms with Gasteiger partial charge >= 0.3 is 6.03 Å². The Bertz CT molecular complexity index is 1150. The van der Waals surface area contributed by atoms with Crippen molar-refractivity contribution in [2.24, 2.45) is 0 Å². The lowest BCUT2D eigenvalue weighted by Gasteiger charge is -2.44. The van der Waals surface area contributed by atoms with Crippen molar-refractivity contribution in [3.8, 4) is 0 Å². The number of benzene rings is 2. The maximum Gasteiger partial charge on any atom is 0.321 e. The first-order valence-corrected chi connectivity index (χ1v) is 11.0. The SMILES string of the molecule is CC(=O)c1ccc(NC(=O)N2CCC3(CC2)NCCc2c3[nH]c3ccc(C)cc23)cc1. The molecule has 3 N–H and O–H groups in total. The van der Waals surface area contributed by atoms with Gasteiger partial charge in [0.25, 0.3) is 0 Å². The second-order valence-electron chi connectivity index (χ2n) is 8.84. The fourth-order valence-electron chi connectivity index (χ4n) is 5.05. The van der Waals surface area contributed by atoms with Gasteiger partial charge in [0.2, 0.25) is 0 Å². The van der Waals surface area contributed by atoms with E-state index in [0.717, 1.165) is 25.8 Å². The van der Waals surface area contributed by atoms with E-state index in [1.165, 1.54) is 34.6 Å². The largest absolute Gasteiger partial charge is 0.357 e. The predicted molar refractivity (Wildman–Crippen MR) is 123 cm³/mol. The van der Waals surface area contributed by atoms with Crippen LogP contribution in [0.25, 0.3) is 10.9 Å². The van der Waals surface area contributed by atoms with Crippen LogP contribution in [0.5, 0.6) is 0 Å². The number of aryl methyl sites for hydroxylation is 1. The number of H-pyrrole nitrogens is 1. The van der Waals surface area contributed by atoms with E-state index in [1.807, 2.05) is 4.90 Å². The molecule has 1 fully saturated rings. The van der Waals surface area contributed by atoms with Crippen LogP contribution >= 0.6 is 0 Å². The molecule has 1 saturated heterocycles. The number of carbonyl (C=O) groups excluding carboxylic acids is 2.